The van der Waals surface area contributed by atoms with Gasteiger partial charge >= 0.3 is 0 Å². The molecule has 7 nitrogen and oxygen atoms in total. The molecule has 0 saturated heterocycles. The van der Waals surface area contributed by atoms with E-state index in [2.05, 4.69) is 5.32 Å². The first-order valence-corrected chi connectivity index (χ1v) is 16.5. The number of anilines is 1. The Morgan fingerprint density at radius 1 is 0.889 bits per heavy atom. The Labute approximate surface area is 269 Å². The lowest BCUT2D eigenvalue weighted by Crippen LogP contribution is -2.54. The normalized spacial score (nSPS) is 12.6. The Hall–Kier alpha value is -4.21. The smallest absolute Gasteiger partial charge is 0.264 e. The number of amides is 2. The highest BCUT2D eigenvalue weighted by molar-refractivity contribution is 7.92. The van der Waals surface area contributed by atoms with Gasteiger partial charge in [-0.15, -0.1) is 0 Å². The topological polar surface area (TPSA) is 86.8 Å². The summed E-state index contributed by atoms with van der Waals surface area (Å²) in [5.41, 5.74) is 2.46. The molecule has 0 spiro atoms. The third-order valence-corrected chi connectivity index (χ3v) is 9.54. The summed E-state index contributed by atoms with van der Waals surface area (Å²) in [6, 6.07) is 26.3. The van der Waals surface area contributed by atoms with Gasteiger partial charge in [0.1, 0.15) is 18.4 Å². The minimum Gasteiger partial charge on any atom is -0.352 e. The van der Waals surface area contributed by atoms with E-state index in [-0.39, 0.29) is 35.5 Å². The molecule has 236 valence electrons. The summed E-state index contributed by atoms with van der Waals surface area (Å²) < 4.78 is 42.9. The van der Waals surface area contributed by atoms with Crippen LogP contribution in [0.5, 0.6) is 0 Å². The van der Waals surface area contributed by atoms with Crippen LogP contribution in [0.4, 0.5) is 10.1 Å². The van der Waals surface area contributed by atoms with Crippen molar-refractivity contribution in [1.82, 2.24) is 10.2 Å². The number of halogens is 2. The molecule has 10 heteroatoms. The SMILES string of the molecule is CC[C@@H](C)NC(=O)[C@H](Cc1ccccc1)N(Cc1cccc(Cl)c1)C(=O)CN(c1ccc(F)cc1)S(=O)(=O)c1ccc(C)cc1. The van der Waals surface area contributed by atoms with Gasteiger partial charge in [0.15, 0.2) is 0 Å². The van der Waals surface area contributed by atoms with Crippen molar-refractivity contribution in [2.75, 3.05) is 10.8 Å². The molecule has 0 aliphatic heterocycles. The van der Waals surface area contributed by atoms with Crippen LogP contribution in [0.15, 0.2) is 108 Å². The maximum atomic E-state index is 14.4. The lowest BCUT2D eigenvalue weighted by Gasteiger charge is -2.34. The van der Waals surface area contributed by atoms with Crippen LogP contribution in [0.3, 0.4) is 0 Å². The number of benzene rings is 4. The lowest BCUT2D eigenvalue weighted by molar-refractivity contribution is -0.140. The number of nitrogens with zero attached hydrogens (tertiary/aromatic N) is 2. The van der Waals surface area contributed by atoms with Crippen molar-refractivity contribution in [2.45, 2.75) is 57.1 Å². The Morgan fingerprint density at radius 3 is 2.16 bits per heavy atom. The van der Waals surface area contributed by atoms with E-state index in [4.69, 9.17) is 11.6 Å². The highest BCUT2D eigenvalue weighted by atomic mass is 35.5. The summed E-state index contributed by atoms with van der Waals surface area (Å²) in [5.74, 6) is -1.53. The van der Waals surface area contributed by atoms with Crippen LogP contribution in [0.25, 0.3) is 0 Å². The third kappa shape index (κ3) is 8.93. The molecule has 1 N–H and O–H groups in total. The molecule has 4 rings (SSSR count). The Balaban J connectivity index is 1.80. The van der Waals surface area contributed by atoms with Crippen molar-refractivity contribution in [3.8, 4) is 0 Å². The fourth-order valence-electron chi connectivity index (χ4n) is 4.80. The maximum Gasteiger partial charge on any atom is 0.264 e. The molecular weight excluding hydrogens is 613 g/mol. The molecule has 4 aromatic rings. The zero-order valence-corrected chi connectivity index (χ0v) is 27.1. The van der Waals surface area contributed by atoms with E-state index in [1.165, 1.54) is 29.2 Å². The molecule has 2 atom stereocenters. The molecule has 0 radical (unpaired) electrons. The largest absolute Gasteiger partial charge is 0.352 e. The fourth-order valence-corrected chi connectivity index (χ4v) is 6.43. The van der Waals surface area contributed by atoms with Crippen LogP contribution in [0, 0.1) is 12.7 Å². The van der Waals surface area contributed by atoms with Crippen LogP contribution in [0.1, 0.15) is 37.0 Å². The van der Waals surface area contributed by atoms with Crippen molar-refractivity contribution in [1.29, 1.82) is 0 Å². The van der Waals surface area contributed by atoms with E-state index < -0.39 is 34.3 Å². The first-order valence-electron chi connectivity index (χ1n) is 14.7. The van der Waals surface area contributed by atoms with Gasteiger partial charge < -0.3 is 10.2 Å². The number of nitrogens with one attached hydrogen (secondary N) is 1. The second-order valence-electron chi connectivity index (χ2n) is 11.0. The van der Waals surface area contributed by atoms with E-state index in [0.29, 0.717) is 17.0 Å². The van der Waals surface area contributed by atoms with Crippen molar-refractivity contribution in [3.05, 3.63) is 131 Å². The predicted molar refractivity (Wildman–Crippen MR) is 176 cm³/mol. The quantitative estimate of drug-likeness (QED) is 0.178. The predicted octanol–water partition coefficient (Wildman–Crippen LogP) is 6.54. The molecule has 2 amide bonds. The van der Waals surface area contributed by atoms with E-state index in [9.17, 15) is 22.4 Å². The summed E-state index contributed by atoms with van der Waals surface area (Å²) in [7, 11) is -4.28. The summed E-state index contributed by atoms with van der Waals surface area (Å²) in [4.78, 5) is 29.7. The Morgan fingerprint density at radius 2 is 1.53 bits per heavy atom. The van der Waals surface area contributed by atoms with Gasteiger partial charge in [0, 0.05) is 24.0 Å². The van der Waals surface area contributed by atoms with Crippen LogP contribution >= 0.6 is 11.6 Å². The molecule has 0 heterocycles. The molecule has 45 heavy (non-hydrogen) atoms. The van der Waals surface area contributed by atoms with E-state index >= 15 is 0 Å². The van der Waals surface area contributed by atoms with E-state index in [1.807, 2.05) is 51.1 Å². The first kappa shape index (κ1) is 33.7. The molecular formula is C35H37ClFN3O4S. The van der Waals surface area contributed by atoms with Crippen LogP contribution in [-0.4, -0.2) is 43.8 Å². The second kappa shape index (κ2) is 15.2. The van der Waals surface area contributed by atoms with Gasteiger partial charge in [-0.25, -0.2) is 12.8 Å². The average Bonchev–Trinajstić information content (AvgIpc) is 3.02. The number of hydrogen-bond donors (Lipinski definition) is 1. The minimum absolute atomic E-state index is 0.00729. The van der Waals surface area contributed by atoms with Crippen molar-refractivity contribution < 1.29 is 22.4 Å². The second-order valence-corrected chi connectivity index (χ2v) is 13.3. The standard InChI is InChI=1S/C35H37ClFN3O4S/c1-4-26(3)38-35(42)33(22-27-9-6-5-7-10-27)39(23-28-11-8-12-29(36)21-28)34(41)24-40(31-17-15-30(37)16-18-31)45(43,44)32-19-13-25(2)14-20-32/h5-21,26,33H,4,22-24H2,1-3H3,(H,38,42)/t26-,33+/m1/s1. The molecule has 0 aromatic heterocycles. The molecule has 0 aliphatic rings. The minimum atomic E-state index is -4.28. The van der Waals surface area contributed by atoms with Gasteiger partial charge in [-0.3, -0.25) is 13.9 Å². The number of aryl methyl sites for hydroxylation is 1. The van der Waals surface area contributed by atoms with Crippen molar-refractivity contribution in [3.63, 3.8) is 0 Å². The van der Waals surface area contributed by atoms with Gasteiger partial charge in [-0.1, -0.05) is 78.7 Å². The van der Waals surface area contributed by atoms with Crippen molar-refractivity contribution in [2.24, 2.45) is 0 Å². The van der Waals surface area contributed by atoms with Crippen LogP contribution < -0.4 is 9.62 Å². The number of carbonyl (C=O) groups is 2. The highest BCUT2D eigenvalue weighted by Crippen LogP contribution is 2.26. The Bertz CT molecular complexity index is 1700. The zero-order valence-electron chi connectivity index (χ0n) is 25.5. The summed E-state index contributed by atoms with van der Waals surface area (Å²) in [6.45, 7) is 5.02. The molecule has 0 saturated carbocycles. The molecule has 4 aromatic carbocycles. The summed E-state index contributed by atoms with van der Waals surface area (Å²) >= 11 is 6.28. The zero-order chi connectivity index (χ0) is 32.6. The van der Waals surface area contributed by atoms with Gasteiger partial charge in [0.05, 0.1) is 10.6 Å². The molecule has 0 bridgehead atoms. The fraction of sp³-hybridized carbons (Fsp3) is 0.257. The molecule has 0 unspecified atom stereocenters. The molecule has 0 fully saturated rings. The van der Waals surface area contributed by atoms with Crippen LogP contribution in [-0.2, 0) is 32.6 Å². The number of sulfonamides is 1. The number of rotatable bonds is 13. The highest BCUT2D eigenvalue weighted by Gasteiger charge is 2.35. The third-order valence-electron chi connectivity index (χ3n) is 7.52. The van der Waals surface area contributed by atoms with Crippen LogP contribution in [0.2, 0.25) is 5.02 Å². The number of carbonyl (C=O) groups excluding carboxylic acids is 2. The monoisotopic (exact) mass is 649 g/mol. The summed E-state index contributed by atoms with van der Waals surface area (Å²) in [6.07, 6.45) is 0.871. The summed E-state index contributed by atoms with van der Waals surface area (Å²) in [5, 5.41) is 3.46. The van der Waals surface area contributed by atoms with Crippen molar-refractivity contribution >= 4 is 39.1 Å². The van der Waals surface area contributed by atoms with Gasteiger partial charge in [-0.05, 0) is 79.9 Å². The van der Waals surface area contributed by atoms with Gasteiger partial charge in [-0.2, -0.15) is 0 Å². The van der Waals surface area contributed by atoms with Gasteiger partial charge in [0.25, 0.3) is 10.0 Å². The maximum absolute atomic E-state index is 14.4. The van der Waals surface area contributed by atoms with E-state index in [0.717, 1.165) is 27.6 Å². The lowest BCUT2D eigenvalue weighted by atomic mass is 10.0. The molecule has 0 aliphatic carbocycles. The first-order chi connectivity index (χ1) is 21.5. The average molecular weight is 650 g/mol. The Kier molecular flexibility index (Phi) is 11.4. The van der Waals surface area contributed by atoms with Gasteiger partial charge in [0.2, 0.25) is 11.8 Å². The van der Waals surface area contributed by atoms with E-state index in [1.54, 1.807) is 36.4 Å². The number of hydrogen-bond acceptors (Lipinski definition) is 4.